The first kappa shape index (κ1) is 15.7. The van der Waals surface area contributed by atoms with E-state index in [-0.39, 0.29) is 22.5 Å². The number of hydrogen-bond acceptors (Lipinski definition) is 3. The predicted octanol–water partition coefficient (Wildman–Crippen LogP) is 2.41. The lowest BCUT2D eigenvalue weighted by molar-refractivity contribution is 0.166. The summed E-state index contributed by atoms with van der Waals surface area (Å²) < 4.78 is 41.0. The molecule has 1 fully saturated rings. The fraction of sp³-hybridized carbons (Fsp3) is 0.538. The number of benzene rings is 1. The highest BCUT2D eigenvalue weighted by Crippen LogP contribution is 2.39. The molecule has 3 N–H and O–H groups in total. The van der Waals surface area contributed by atoms with Crippen LogP contribution < -0.4 is 10.5 Å². The van der Waals surface area contributed by atoms with E-state index in [9.17, 15) is 12.8 Å². The van der Waals surface area contributed by atoms with Gasteiger partial charge in [-0.3, -0.25) is 0 Å². The van der Waals surface area contributed by atoms with Gasteiger partial charge in [-0.25, -0.2) is 17.5 Å². The van der Waals surface area contributed by atoms with Gasteiger partial charge in [0.15, 0.2) is 0 Å². The average molecular weight is 321 g/mol. The number of rotatable bonds is 5. The molecular formula is C13H18ClFN2O2S. The lowest BCUT2D eigenvalue weighted by atomic mass is 9.71. The maximum absolute atomic E-state index is 14.1. The highest BCUT2D eigenvalue weighted by Gasteiger charge is 2.33. The molecule has 0 aromatic heterocycles. The van der Waals surface area contributed by atoms with Gasteiger partial charge in [-0.15, -0.1) is 0 Å². The third-order valence-corrected chi connectivity index (χ3v) is 5.46. The Balaban J connectivity index is 2.27. The lowest BCUT2D eigenvalue weighted by Crippen LogP contribution is -2.40. The summed E-state index contributed by atoms with van der Waals surface area (Å²) in [5.41, 5.74) is 5.45. The summed E-state index contributed by atoms with van der Waals surface area (Å²) in [6, 6.07) is 2.45. The lowest BCUT2D eigenvalue weighted by Gasteiger charge is -2.38. The summed E-state index contributed by atoms with van der Waals surface area (Å²) in [6.45, 7) is 2.21. The van der Waals surface area contributed by atoms with Gasteiger partial charge in [0.2, 0.25) is 10.0 Å². The van der Waals surface area contributed by atoms with Gasteiger partial charge in [-0.1, -0.05) is 24.9 Å². The van der Waals surface area contributed by atoms with Gasteiger partial charge in [0.25, 0.3) is 0 Å². The molecule has 0 radical (unpaired) electrons. The van der Waals surface area contributed by atoms with Crippen molar-refractivity contribution in [1.82, 2.24) is 4.72 Å². The van der Waals surface area contributed by atoms with E-state index < -0.39 is 20.7 Å². The molecule has 1 aromatic carbocycles. The zero-order chi connectivity index (χ0) is 15.0. The van der Waals surface area contributed by atoms with Gasteiger partial charge in [0, 0.05) is 23.7 Å². The summed E-state index contributed by atoms with van der Waals surface area (Å²) in [5, 5.41) is 0.155. The highest BCUT2D eigenvalue weighted by molar-refractivity contribution is 7.89. The first-order valence-electron chi connectivity index (χ1n) is 6.45. The van der Waals surface area contributed by atoms with Gasteiger partial charge in [-0.2, -0.15) is 0 Å². The van der Waals surface area contributed by atoms with Crippen LogP contribution in [-0.2, 0) is 16.6 Å². The summed E-state index contributed by atoms with van der Waals surface area (Å²) in [6.07, 6.45) is 3.05. The van der Waals surface area contributed by atoms with E-state index in [0.717, 1.165) is 25.3 Å². The van der Waals surface area contributed by atoms with Crippen LogP contribution in [0.15, 0.2) is 17.0 Å². The van der Waals surface area contributed by atoms with Crippen molar-refractivity contribution in [2.45, 2.75) is 37.6 Å². The number of halogens is 2. The third kappa shape index (κ3) is 3.14. The Morgan fingerprint density at radius 3 is 2.60 bits per heavy atom. The van der Waals surface area contributed by atoms with Crippen LogP contribution in [0.1, 0.15) is 31.7 Å². The first-order valence-corrected chi connectivity index (χ1v) is 8.31. The Hall–Kier alpha value is -0.690. The minimum absolute atomic E-state index is 0.0289. The number of nitrogens with one attached hydrogen (secondary N) is 1. The van der Waals surface area contributed by atoms with E-state index in [1.807, 2.05) is 6.92 Å². The van der Waals surface area contributed by atoms with Gasteiger partial charge in [0.1, 0.15) is 10.7 Å². The smallest absolute Gasteiger partial charge is 0.243 e. The zero-order valence-electron chi connectivity index (χ0n) is 11.2. The molecule has 2 rings (SSSR count). The molecule has 0 bridgehead atoms. The molecule has 0 heterocycles. The molecule has 1 aliphatic carbocycles. The molecule has 0 unspecified atom stereocenters. The molecule has 0 spiro atoms. The maximum atomic E-state index is 14.1. The van der Waals surface area contributed by atoms with Crippen molar-refractivity contribution in [1.29, 1.82) is 0 Å². The van der Waals surface area contributed by atoms with Crippen molar-refractivity contribution in [2.75, 3.05) is 6.54 Å². The first-order chi connectivity index (χ1) is 9.27. The van der Waals surface area contributed by atoms with Gasteiger partial charge >= 0.3 is 0 Å². The summed E-state index contributed by atoms with van der Waals surface area (Å²) in [4.78, 5) is -0.437. The molecule has 20 heavy (non-hydrogen) atoms. The van der Waals surface area contributed by atoms with Crippen molar-refractivity contribution in [3.8, 4) is 0 Å². The van der Waals surface area contributed by atoms with Crippen LogP contribution in [0.5, 0.6) is 0 Å². The zero-order valence-corrected chi connectivity index (χ0v) is 12.8. The second-order valence-corrected chi connectivity index (χ2v) is 7.74. The van der Waals surface area contributed by atoms with Crippen LogP contribution in [-0.4, -0.2) is 15.0 Å². The fourth-order valence-electron chi connectivity index (χ4n) is 2.27. The van der Waals surface area contributed by atoms with E-state index in [4.69, 9.17) is 17.3 Å². The molecule has 4 nitrogen and oxygen atoms in total. The van der Waals surface area contributed by atoms with E-state index in [1.54, 1.807) is 0 Å². The summed E-state index contributed by atoms with van der Waals surface area (Å²) in [5.74, 6) is -0.830. The Kier molecular flexibility index (Phi) is 4.39. The van der Waals surface area contributed by atoms with E-state index in [2.05, 4.69) is 4.72 Å². The Labute approximate surface area is 123 Å². The molecule has 112 valence electrons. The number of sulfonamides is 1. The highest BCUT2D eigenvalue weighted by atomic mass is 35.5. The Bertz CT molecular complexity index is 615. The van der Waals surface area contributed by atoms with Gasteiger partial charge in [-0.05, 0) is 30.4 Å². The van der Waals surface area contributed by atoms with Gasteiger partial charge in [0.05, 0.1) is 0 Å². The SMILES string of the molecule is CC1(CNS(=O)(=O)c2cc(Cl)cc(CN)c2F)CCC1. The maximum Gasteiger partial charge on any atom is 0.243 e. The number of hydrogen-bond donors (Lipinski definition) is 2. The largest absolute Gasteiger partial charge is 0.326 e. The van der Waals surface area contributed by atoms with Gasteiger partial charge < -0.3 is 5.73 Å². The fourth-order valence-corrected chi connectivity index (χ4v) is 3.92. The minimum Gasteiger partial charge on any atom is -0.326 e. The number of nitrogens with two attached hydrogens (primary N) is 1. The normalized spacial score (nSPS) is 17.8. The topological polar surface area (TPSA) is 72.2 Å². The third-order valence-electron chi connectivity index (χ3n) is 3.84. The van der Waals surface area contributed by atoms with Crippen LogP contribution in [0.25, 0.3) is 0 Å². The second kappa shape index (κ2) is 5.60. The Morgan fingerprint density at radius 1 is 1.45 bits per heavy atom. The predicted molar refractivity (Wildman–Crippen MR) is 76.4 cm³/mol. The van der Waals surface area contributed by atoms with Crippen LogP contribution in [0.4, 0.5) is 4.39 Å². The van der Waals surface area contributed by atoms with Crippen molar-refractivity contribution < 1.29 is 12.8 Å². The van der Waals surface area contributed by atoms with E-state index in [0.29, 0.717) is 6.54 Å². The molecule has 0 atom stereocenters. The molecule has 1 saturated carbocycles. The monoisotopic (exact) mass is 320 g/mol. The molecule has 0 saturated heterocycles. The Morgan fingerprint density at radius 2 is 2.10 bits per heavy atom. The van der Waals surface area contributed by atoms with Crippen molar-refractivity contribution in [3.63, 3.8) is 0 Å². The van der Waals surface area contributed by atoms with E-state index in [1.165, 1.54) is 6.07 Å². The minimum atomic E-state index is -3.92. The standard InChI is InChI=1S/C13H18ClFN2O2S/c1-13(3-2-4-13)8-17-20(18,19)11-6-10(14)5-9(7-16)12(11)15/h5-6,17H,2-4,7-8,16H2,1H3. The molecular weight excluding hydrogens is 303 g/mol. The quantitative estimate of drug-likeness (QED) is 0.875. The van der Waals surface area contributed by atoms with Crippen molar-refractivity contribution in [3.05, 3.63) is 28.5 Å². The second-order valence-electron chi connectivity index (χ2n) is 5.57. The summed E-state index contributed by atoms with van der Waals surface area (Å²) in [7, 11) is -3.92. The molecule has 0 aliphatic heterocycles. The van der Waals surface area contributed by atoms with Crippen LogP contribution >= 0.6 is 11.6 Å². The molecule has 7 heteroatoms. The average Bonchev–Trinajstić information content (AvgIpc) is 2.36. The van der Waals surface area contributed by atoms with E-state index >= 15 is 0 Å². The van der Waals surface area contributed by atoms with Crippen molar-refractivity contribution in [2.24, 2.45) is 11.1 Å². The molecule has 1 aliphatic rings. The summed E-state index contributed by atoms with van der Waals surface area (Å²) >= 11 is 5.82. The van der Waals surface area contributed by atoms with Crippen LogP contribution in [0.3, 0.4) is 0 Å². The van der Waals surface area contributed by atoms with Crippen LogP contribution in [0, 0.1) is 11.2 Å². The van der Waals surface area contributed by atoms with Crippen molar-refractivity contribution >= 4 is 21.6 Å². The molecule has 0 amide bonds. The molecule has 1 aromatic rings. The van der Waals surface area contributed by atoms with Crippen LogP contribution in [0.2, 0.25) is 5.02 Å².